The zero-order valence-corrected chi connectivity index (χ0v) is 11.4. The van der Waals surface area contributed by atoms with Gasteiger partial charge in [-0.25, -0.2) is 0 Å². The van der Waals surface area contributed by atoms with E-state index in [1.165, 1.54) is 6.42 Å². The Balaban J connectivity index is 1.84. The van der Waals surface area contributed by atoms with Crippen molar-refractivity contribution in [1.29, 1.82) is 5.26 Å². The molecule has 0 spiro atoms. The van der Waals surface area contributed by atoms with Crippen molar-refractivity contribution in [2.75, 3.05) is 13.1 Å². The van der Waals surface area contributed by atoms with Gasteiger partial charge in [-0.3, -0.25) is 4.79 Å². The highest BCUT2D eigenvalue weighted by atomic mass is 16.2. The van der Waals surface area contributed by atoms with Crippen LogP contribution in [0.15, 0.2) is 30.5 Å². The lowest BCUT2D eigenvalue weighted by atomic mass is 10.1. The van der Waals surface area contributed by atoms with Gasteiger partial charge >= 0.3 is 0 Å². The Hall–Kier alpha value is -2.28. The lowest BCUT2D eigenvalue weighted by Crippen LogP contribution is -2.37. The van der Waals surface area contributed by atoms with Crippen molar-refractivity contribution in [3.63, 3.8) is 0 Å². The smallest absolute Gasteiger partial charge is 0.242 e. The summed E-state index contributed by atoms with van der Waals surface area (Å²) < 4.78 is 1.94. The van der Waals surface area contributed by atoms with Crippen molar-refractivity contribution in [3.05, 3.63) is 36.0 Å². The van der Waals surface area contributed by atoms with E-state index in [-0.39, 0.29) is 5.91 Å². The number of nitrogens with zero attached hydrogens (tertiary/aromatic N) is 3. The Morgan fingerprint density at radius 3 is 2.75 bits per heavy atom. The summed E-state index contributed by atoms with van der Waals surface area (Å²) in [7, 11) is 0. The van der Waals surface area contributed by atoms with E-state index in [1.807, 2.05) is 33.9 Å². The molecule has 0 atom stereocenters. The van der Waals surface area contributed by atoms with Gasteiger partial charge in [-0.1, -0.05) is 6.07 Å². The van der Waals surface area contributed by atoms with Crippen molar-refractivity contribution >= 4 is 16.8 Å². The number of rotatable bonds is 2. The van der Waals surface area contributed by atoms with E-state index >= 15 is 0 Å². The highest BCUT2D eigenvalue weighted by molar-refractivity contribution is 5.87. The zero-order valence-electron chi connectivity index (χ0n) is 11.4. The molecule has 0 saturated carbocycles. The molecule has 1 aliphatic heterocycles. The minimum absolute atomic E-state index is 0.171. The van der Waals surface area contributed by atoms with E-state index in [0.29, 0.717) is 12.1 Å². The van der Waals surface area contributed by atoms with E-state index in [2.05, 4.69) is 6.07 Å². The number of carbonyl (C=O) groups excluding carboxylic acids is 1. The summed E-state index contributed by atoms with van der Waals surface area (Å²) in [5.74, 6) is 0.171. The fourth-order valence-corrected chi connectivity index (χ4v) is 2.85. The second-order valence-corrected chi connectivity index (χ2v) is 5.24. The largest absolute Gasteiger partial charge is 0.341 e. The lowest BCUT2D eigenvalue weighted by molar-refractivity contribution is -0.132. The average Bonchev–Trinajstić information content (AvgIpc) is 2.91. The Labute approximate surface area is 118 Å². The van der Waals surface area contributed by atoms with Crippen LogP contribution >= 0.6 is 0 Å². The van der Waals surface area contributed by atoms with Gasteiger partial charge in [0.1, 0.15) is 6.54 Å². The number of nitriles is 1. The molecule has 1 amide bonds. The van der Waals surface area contributed by atoms with Gasteiger partial charge in [0, 0.05) is 30.2 Å². The van der Waals surface area contributed by atoms with E-state index in [0.717, 1.165) is 36.8 Å². The third-order valence-electron chi connectivity index (χ3n) is 3.95. The predicted octanol–water partition coefficient (Wildman–Crippen LogP) is 2.53. The number of fused-ring (bicyclic) bond motifs is 1. The van der Waals surface area contributed by atoms with Crippen LogP contribution in [0.25, 0.3) is 10.9 Å². The van der Waals surface area contributed by atoms with Crippen molar-refractivity contribution in [2.45, 2.75) is 25.8 Å². The first-order valence-corrected chi connectivity index (χ1v) is 7.05. The second kappa shape index (κ2) is 5.38. The Morgan fingerprint density at radius 1 is 1.20 bits per heavy atom. The fourth-order valence-electron chi connectivity index (χ4n) is 2.85. The number of hydrogen-bond donors (Lipinski definition) is 0. The van der Waals surface area contributed by atoms with Crippen LogP contribution in [0.5, 0.6) is 0 Å². The van der Waals surface area contributed by atoms with E-state index < -0.39 is 0 Å². The molecule has 4 nitrogen and oxygen atoms in total. The normalized spacial score (nSPS) is 15.2. The van der Waals surface area contributed by atoms with Gasteiger partial charge in [-0.05, 0) is 37.5 Å². The van der Waals surface area contributed by atoms with E-state index in [4.69, 9.17) is 5.26 Å². The maximum Gasteiger partial charge on any atom is 0.242 e. The molecule has 20 heavy (non-hydrogen) atoms. The molecule has 1 fully saturated rings. The molecule has 1 saturated heterocycles. The molecule has 1 aromatic carbocycles. The van der Waals surface area contributed by atoms with Crippen LogP contribution in [0.4, 0.5) is 0 Å². The Morgan fingerprint density at radius 2 is 2.00 bits per heavy atom. The molecule has 1 aromatic heterocycles. The van der Waals surface area contributed by atoms with Gasteiger partial charge < -0.3 is 9.47 Å². The molecule has 1 aliphatic rings. The van der Waals surface area contributed by atoms with E-state index in [1.54, 1.807) is 6.07 Å². The summed E-state index contributed by atoms with van der Waals surface area (Å²) >= 11 is 0. The summed E-state index contributed by atoms with van der Waals surface area (Å²) in [5.41, 5.74) is 1.61. The number of piperidine rings is 1. The van der Waals surface area contributed by atoms with Crippen LogP contribution < -0.4 is 0 Å². The summed E-state index contributed by atoms with van der Waals surface area (Å²) in [6.45, 7) is 2.11. The topological polar surface area (TPSA) is 49.0 Å². The Bertz CT molecular complexity index is 675. The maximum absolute atomic E-state index is 12.3. The van der Waals surface area contributed by atoms with Gasteiger partial charge in [0.05, 0.1) is 11.6 Å². The standard InChI is InChI=1S/C16H17N3O/c17-11-13-5-4-6-15-14(13)7-10-19(15)12-16(20)18-8-2-1-3-9-18/h4-7,10H,1-3,8-9,12H2. The first kappa shape index (κ1) is 12.7. The van der Waals surface area contributed by atoms with Gasteiger partial charge in [-0.15, -0.1) is 0 Å². The molecular weight excluding hydrogens is 250 g/mol. The number of benzene rings is 1. The third-order valence-corrected chi connectivity index (χ3v) is 3.95. The SMILES string of the molecule is N#Cc1cccc2c1ccn2CC(=O)N1CCCCC1. The van der Waals surface area contributed by atoms with Crippen LogP contribution in [0, 0.1) is 11.3 Å². The van der Waals surface area contributed by atoms with Crippen molar-refractivity contribution in [3.8, 4) is 6.07 Å². The quantitative estimate of drug-likeness (QED) is 0.839. The molecule has 2 heterocycles. The summed E-state index contributed by atoms with van der Waals surface area (Å²) in [6.07, 6.45) is 5.34. The number of likely N-dealkylation sites (tertiary alicyclic amines) is 1. The summed E-state index contributed by atoms with van der Waals surface area (Å²) in [5, 5.41) is 10.0. The first-order chi connectivity index (χ1) is 9.79. The molecule has 0 bridgehead atoms. The summed E-state index contributed by atoms with van der Waals surface area (Å²) in [6, 6.07) is 9.73. The van der Waals surface area contributed by atoms with Gasteiger partial charge in [0.25, 0.3) is 0 Å². The third kappa shape index (κ3) is 2.27. The number of hydrogen-bond acceptors (Lipinski definition) is 2. The first-order valence-electron chi connectivity index (χ1n) is 7.05. The van der Waals surface area contributed by atoms with Gasteiger partial charge in [-0.2, -0.15) is 5.26 Å². The van der Waals surface area contributed by atoms with Crippen LogP contribution in [0.2, 0.25) is 0 Å². The number of aromatic nitrogens is 1. The molecular formula is C16H17N3O. The van der Waals surface area contributed by atoms with Gasteiger partial charge in [0.2, 0.25) is 5.91 Å². The molecule has 3 rings (SSSR count). The minimum atomic E-state index is 0.171. The van der Waals surface area contributed by atoms with E-state index in [9.17, 15) is 4.79 Å². The highest BCUT2D eigenvalue weighted by Gasteiger charge is 2.17. The minimum Gasteiger partial charge on any atom is -0.341 e. The van der Waals surface area contributed by atoms with Crippen LogP contribution in [0.3, 0.4) is 0 Å². The van der Waals surface area contributed by atoms with Crippen LogP contribution in [-0.2, 0) is 11.3 Å². The molecule has 2 aromatic rings. The zero-order chi connectivity index (χ0) is 13.9. The molecule has 0 N–H and O–H groups in total. The molecule has 0 unspecified atom stereocenters. The fraction of sp³-hybridized carbons (Fsp3) is 0.375. The molecule has 4 heteroatoms. The predicted molar refractivity (Wildman–Crippen MR) is 77.1 cm³/mol. The van der Waals surface area contributed by atoms with Crippen molar-refractivity contribution in [2.24, 2.45) is 0 Å². The van der Waals surface area contributed by atoms with Gasteiger partial charge in [0.15, 0.2) is 0 Å². The lowest BCUT2D eigenvalue weighted by Gasteiger charge is -2.27. The average molecular weight is 267 g/mol. The van der Waals surface area contributed by atoms with Crippen molar-refractivity contribution in [1.82, 2.24) is 9.47 Å². The summed E-state index contributed by atoms with van der Waals surface area (Å²) in [4.78, 5) is 14.3. The van der Waals surface area contributed by atoms with Crippen LogP contribution in [0.1, 0.15) is 24.8 Å². The molecule has 0 aliphatic carbocycles. The van der Waals surface area contributed by atoms with Crippen molar-refractivity contribution < 1.29 is 4.79 Å². The number of amides is 1. The molecule has 0 radical (unpaired) electrons. The monoisotopic (exact) mass is 267 g/mol. The molecule has 102 valence electrons. The Kier molecular flexibility index (Phi) is 3.42. The second-order valence-electron chi connectivity index (χ2n) is 5.24. The maximum atomic E-state index is 12.3. The number of carbonyl (C=O) groups is 1. The van der Waals surface area contributed by atoms with Crippen LogP contribution in [-0.4, -0.2) is 28.5 Å². The highest BCUT2D eigenvalue weighted by Crippen LogP contribution is 2.20.